The summed E-state index contributed by atoms with van der Waals surface area (Å²) in [6.45, 7) is 3.25. The fourth-order valence-corrected chi connectivity index (χ4v) is 5.16. The molecule has 0 spiro atoms. The van der Waals surface area contributed by atoms with Crippen molar-refractivity contribution in [3.63, 3.8) is 0 Å². The van der Waals surface area contributed by atoms with Gasteiger partial charge in [-0.2, -0.15) is 0 Å². The van der Waals surface area contributed by atoms with Crippen LogP contribution in [0.15, 0.2) is 57.8 Å². The molecule has 3 aliphatic heterocycles. The zero-order valence-corrected chi connectivity index (χ0v) is 14.8. The van der Waals surface area contributed by atoms with Crippen LogP contribution in [0.2, 0.25) is 0 Å². The second-order valence-electron chi connectivity index (χ2n) is 6.96. The van der Waals surface area contributed by atoms with E-state index in [-0.39, 0.29) is 5.83 Å². The average molecular weight is 353 g/mol. The molecule has 1 saturated heterocycles. The molecule has 1 aromatic carbocycles. The summed E-state index contributed by atoms with van der Waals surface area (Å²) in [5.41, 5.74) is 5.62. The van der Waals surface area contributed by atoms with E-state index in [0.29, 0.717) is 12.5 Å². The monoisotopic (exact) mass is 353 g/mol. The van der Waals surface area contributed by atoms with Crippen LogP contribution in [0, 0.1) is 0 Å². The maximum Gasteiger partial charge on any atom is 0.106 e. The smallest absolute Gasteiger partial charge is 0.106 e. The van der Waals surface area contributed by atoms with Gasteiger partial charge in [0, 0.05) is 41.2 Å². The first-order valence-electron chi connectivity index (χ1n) is 8.90. The van der Waals surface area contributed by atoms with Crippen LogP contribution >= 0.6 is 11.9 Å². The van der Waals surface area contributed by atoms with E-state index in [1.807, 2.05) is 24.2 Å². The van der Waals surface area contributed by atoms with Gasteiger partial charge in [-0.3, -0.25) is 4.99 Å². The molecular weight excluding hydrogens is 333 g/mol. The van der Waals surface area contributed by atoms with Crippen LogP contribution in [-0.2, 0) is 6.54 Å². The number of fused-ring (bicyclic) bond motifs is 2. The quantitative estimate of drug-likeness (QED) is 0.806. The van der Waals surface area contributed by atoms with Gasteiger partial charge in [0.25, 0.3) is 0 Å². The van der Waals surface area contributed by atoms with E-state index in [1.165, 1.54) is 28.9 Å². The Labute approximate surface area is 151 Å². The number of rotatable bonds is 2. The standard InChI is InChI=1S/C20H20FN3S/c21-15-2-3-17-18(11-23-19(17)10-15)13-1-4-20-14(9-13)12-24(25-20)16-5-7-22-8-6-16/h1-4,9,11,16,22H,5-8,10,12H2. The van der Waals surface area contributed by atoms with Crippen molar-refractivity contribution in [1.82, 2.24) is 9.62 Å². The third-order valence-electron chi connectivity index (χ3n) is 5.35. The Balaban J connectivity index is 1.39. The highest BCUT2D eigenvalue weighted by Gasteiger charge is 2.29. The topological polar surface area (TPSA) is 27.6 Å². The van der Waals surface area contributed by atoms with E-state index >= 15 is 0 Å². The van der Waals surface area contributed by atoms with Crippen molar-refractivity contribution in [3.05, 3.63) is 59.1 Å². The van der Waals surface area contributed by atoms with Crippen molar-refractivity contribution in [2.75, 3.05) is 13.1 Å². The van der Waals surface area contributed by atoms with E-state index in [4.69, 9.17) is 0 Å². The summed E-state index contributed by atoms with van der Waals surface area (Å²) in [6.07, 6.45) is 8.08. The molecular formula is C20H20FN3S. The van der Waals surface area contributed by atoms with Gasteiger partial charge in [0.05, 0.1) is 5.71 Å². The van der Waals surface area contributed by atoms with Crippen molar-refractivity contribution in [1.29, 1.82) is 0 Å². The number of piperidine rings is 1. The van der Waals surface area contributed by atoms with Crippen molar-refractivity contribution >= 4 is 23.2 Å². The number of halogens is 1. The molecule has 25 heavy (non-hydrogen) atoms. The molecule has 0 atom stereocenters. The molecule has 128 valence electrons. The van der Waals surface area contributed by atoms with E-state index in [0.717, 1.165) is 36.5 Å². The van der Waals surface area contributed by atoms with Crippen LogP contribution < -0.4 is 5.32 Å². The lowest BCUT2D eigenvalue weighted by Crippen LogP contribution is -2.38. The van der Waals surface area contributed by atoms with Crippen LogP contribution in [-0.4, -0.2) is 29.1 Å². The number of nitrogens with zero attached hydrogens (tertiary/aromatic N) is 2. The highest BCUT2D eigenvalue weighted by Crippen LogP contribution is 2.42. The van der Waals surface area contributed by atoms with Crippen LogP contribution in [0.1, 0.15) is 30.4 Å². The summed E-state index contributed by atoms with van der Waals surface area (Å²) >= 11 is 1.90. The Morgan fingerprint density at radius 1 is 1.16 bits per heavy atom. The largest absolute Gasteiger partial charge is 0.317 e. The molecule has 1 N–H and O–H groups in total. The predicted octanol–water partition coefficient (Wildman–Crippen LogP) is 4.24. The molecule has 0 unspecified atom stereocenters. The van der Waals surface area contributed by atoms with Gasteiger partial charge in [-0.1, -0.05) is 6.07 Å². The lowest BCUT2D eigenvalue weighted by atomic mass is 9.92. The predicted molar refractivity (Wildman–Crippen MR) is 101 cm³/mol. The lowest BCUT2D eigenvalue weighted by molar-refractivity contribution is 0.283. The van der Waals surface area contributed by atoms with Crippen LogP contribution in [0.4, 0.5) is 4.39 Å². The molecule has 0 amide bonds. The molecule has 1 aliphatic carbocycles. The fourth-order valence-electron chi connectivity index (χ4n) is 3.97. The number of hydrogen-bond acceptors (Lipinski definition) is 4. The van der Waals surface area contributed by atoms with Gasteiger partial charge in [0.1, 0.15) is 5.83 Å². The number of aliphatic imine (C=N–C) groups is 1. The first-order chi connectivity index (χ1) is 12.3. The highest BCUT2D eigenvalue weighted by molar-refractivity contribution is 7.97. The van der Waals surface area contributed by atoms with Crippen LogP contribution in [0.3, 0.4) is 0 Å². The molecule has 1 aromatic rings. The van der Waals surface area contributed by atoms with Gasteiger partial charge >= 0.3 is 0 Å². The first kappa shape index (κ1) is 15.6. The Morgan fingerprint density at radius 2 is 2.04 bits per heavy atom. The molecule has 0 aromatic heterocycles. The van der Waals surface area contributed by atoms with Gasteiger partial charge < -0.3 is 5.32 Å². The molecule has 0 bridgehead atoms. The van der Waals surface area contributed by atoms with Crippen molar-refractivity contribution in [2.24, 2.45) is 4.99 Å². The Kier molecular flexibility index (Phi) is 3.88. The highest BCUT2D eigenvalue weighted by atomic mass is 32.2. The maximum atomic E-state index is 13.5. The molecule has 5 heteroatoms. The van der Waals surface area contributed by atoms with E-state index in [2.05, 4.69) is 32.8 Å². The summed E-state index contributed by atoms with van der Waals surface area (Å²) < 4.78 is 16.0. The Bertz CT molecular complexity index is 846. The zero-order valence-electron chi connectivity index (χ0n) is 14.0. The average Bonchev–Trinajstić information content (AvgIpc) is 3.25. The summed E-state index contributed by atoms with van der Waals surface area (Å²) in [6, 6.07) is 7.37. The van der Waals surface area contributed by atoms with Crippen molar-refractivity contribution in [2.45, 2.75) is 36.7 Å². The molecule has 5 rings (SSSR count). The second kappa shape index (κ2) is 6.24. The van der Waals surface area contributed by atoms with Gasteiger partial charge in [0.2, 0.25) is 0 Å². The Hall–Kier alpha value is -1.69. The van der Waals surface area contributed by atoms with E-state index in [1.54, 1.807) is 6.08 Å². The lowest BCUT2D eigenvalue weighted by Gasteiger charge is -2.29. The van der Waals surface area contributed by atoms with Crippen molar-refractivity contribution < 1.29 is 4.39 Å². The fraction of sp³-hybridized carbons (Fsp3) is 0.350. The minimum Gasteiger partial charge on any atom is -0.317 e. The van der Waals surface area contributed by atoms with E-state index < -0.39 is 0 Å². The van der Waals surface area contributed by atoms with Gasteiger partial charge in [-0.15, -0.1) is 0 Å². The van der Waals surface area contributed by atoms with E-state index in [9.17, 15) is 4.39 Å². The zero-order chi connectivity index (χ0) is 16.8. The second-order valence-corrected chi connectivity index (χ2v) is 8.05. The summed E-state index contributed by atoms with van der Waals surface area (Å²) in [4.78, 5) is 5.80. The number of hydrogen-bond donors (Lipinski definition) is 1. The number of nitrogens with one attached hydrogen (secondary N) is 1. The number of benzene rings is 1. The first-order valence-corrected chi connectivity index (χ1v) is 9.68. The maximum absolute atomic E-state index is 13.5. The molecule has 3 heterocycles. The molecule has 4 aliphatic rings. The minimum absolute atomic E-state index is 0.111. The summed E-state index contributed by atoms with van der Waals surface area (Å²) in [5, 5.41) is 3.44. The number of allylic oxidation sites excluding steroid dienone is 5. The van der Waals surface area contributed by atoms with Crippen LogP contribution in [0.5, 0.6) is 0 Å². The third-order valence-corrected chi connectivity index (χ3v) is 6.60. The summed E-state index contributed by atoms with van der Waals surface area (Å²) in [5.74, 6) is -0.111. The Morgan fingerprint density at radius 3 is 2.92 bits per heavy atom. The summed E-state index contributed by atoms with van der Waals surface area (Å²) in [7, 11) is 0. The van der Waals surface area contributed by atoms with Gasteiger partial charge in [-0.05, 0) is 73.3 Å². The van der Waals surface area contributed by atoms with Gasteiger partial charge in [0.15, 0.2) is 0 Å². The van der Waals surface area contributed by atoms with Crippen LogP contribution in [0.25, 0.3) is 5.57 Å². The molecule has 0 saturated carbocycles. The van der Waals surface area contributed by atoms with Gasteiger partial charge in [-0.25, -0.2) is 8.70 Å². The minimum atomic E-state index is -0.111. The molecule has 3 nitrogen and oxygen atoms in total. The molecule has 0 radical (unpaired) electrons. The third kappa shape index (κ3) is 2.80. The van der Waals surface area contributed by atoms with Crippen molar-refractivity contribution in [3.8, 4) is 0 Å². The SMILES string of the molecule is FC1=CC=C2C(c3ccc4c(c3)CN(C3CCNCC3)S4)=CN=C2C1. The normalized spacial score (nSPS) is 23.6. The molecule has 1 fully saturated rings.